The molecule has 2 atom stereocenters. The van der Waals surface area contributed by atoms with Crippen molar-refractivity contribution >= 4 is 28.2 Å². The van der Waals surface area contributed by atoms with Gasteiger partial charge in [0.25, 0.3) is 5.91 Å². The van der Waals surface area contributed by atoms with Gasteiger partial charge in [-0.05, 0) is 37.6 Å². The molecule has 2 aliphatic rings. The molecule has 0 aliphatic carbocycles. The molecule has 5 rings (SSSR count). The van der Waals surface area contributed by atoms with E-state index in [1.807, 2.05) is 48.2 Å². The summed E-state index contributed by atoms with van der Waals surface area (Å²) < 4.78 is 16.7. The van der Waals surface area contributed by atoms with Gasteiger partial charge in [0.1, 0.15) is 23.6 Å². The minimum absolute atomic E-state index is 0.0571. The Bertz CT molecular complexity index is 1240. The highest BCUT2D eigenvalue weighted by Gasteiger charge is 2.31. The van der Waals surface area contributed by atoms with E-state index in [4.69, 9.17) is 14.2 Å². The molecule has 0 unspecified atom stereocenters. The van der Waals surface area contributed by atoms with E-state index in [2.05, 4.69) is 20.6 Å². The molecule has 37 heavy (non-hydrogen) atoms. The van der Waals surface area contributed by atoms with Crippen molar-refractivity contribution in [1.29, 1.82) is 0 Å². The number of nitrogens with zero attached hydrogens (tertiary/aromatic N) is 3. The predicted octanol–water partition coefficient (Wildman–Crippen LogP) is 3.69. The first-order valence-electron chi connectivity index (χ1n) is 12.9. The van der Waals surface area contributed by atoms with Gasteiger partial charge in [-0.2, -0.15) is 0 Å². The van der Waals surface area contributed by atoms with Gasteiger partial charge >= 0.3 is 0 Å². The number of carbonyl (C=O) groups is 1. The van der Waals surface area contributed by atoms with Gasteiger partial charge in [0.15, 0.2) is 0 Å². The van der Waals surface area contributed by atoms with Crippen molar-refractivity contribution in [2.24, 2.45) is 0 Å². The molecule has 1 amide bonds. The van der Waals surface area contributed by atoms with E-state index in [0.29, 0.717) is 37.3 Å². The summed E-state index contributed by atoms with van der Waals surface area (Å²) in [5.41, 5.74) is 2.00. The van der Waals surface area contributed by atoms with Crippen molar-refractivity contribution in [3.8, 4) is 5.75 Å². The highest BCUT2D eigenvalue weighted by Crippen LogP contribution is 2.32. The number of nitrogens with one attached hydrogen (secondary N) is 2. The second-order valence-corrected chi connectivity index (χ2v) is 9.70. The van der Waals surface area contributed by atoms with E-state index in [1.165, 1.54) is 6.33 Å². The van der Waals surface area contributed by atoms with Gasteiger partial charge in [0, 0.05) is 61.6 Å². The lowest BCUT2D eigenvalue weighted by Crippen LogP contribution is -2.54. The third-order valence-corrected chi connectivity index (χ3v) is 7.43. The summed E-state index contributed by atoms with van der Waals surface area (Å²) >= 11 is 0. The number of hydrogen-bond donors (Lipinski definition) is 2. The van der Waals surface area contributed by atoms with Crippen LogP contribution in [-0.4, -0.2) is 79.5 Å². The van der Waals surface area contributed by atoms with Crippen LogP contribution in [0.1, 0.15) is 35.3 Å². The standard InChI is InChI=1S/C28H35N5O4/c1-18-26(28(34)33-11-8-20(9-12-33)31-23-10-13-37-16-25(23)36-3)29-17-30-27(18)32-21-14-19-6-4-5-7-22(19)24(15-21)35-2/h4-7,14-15,17,20,23,25,31H,8-13,16H2,1-3H3,(H,29,30,32)/t23-,25+/m1/s1. The van der Waals surface area contributed by atoms with Gasteiger partial charge in [0.2, 0.25) is 0 Å². The number of likely N-dealkylation sites (tertiary alicyclic amines) is 1. The Kier molecular flexibility index (Phi) is 7.83. The van der Waals surface area contributed by atoms with E-state index in [0.717, 1.165) is 53.6 Å². The zero-order chi connectivity index (χ0) is 25.8. The lowest BCUT2D eigenvalue weighted by atomic mass is 9.99. The Hall–Kier alpha value is -3.27. The molecule has 2 N–H and O–H groups in total. The molecule has 1 aromatic heterocycles. The van der Waals surface area contributed by atoms with E-state index >= 15 is 0 Å². The average Bonchev–Trinajstić information content (AvgIpc) is 2.94. The molecule has 0 bridgehead atoms. The lowest BCUT2D eigenvalue weighted by Gasteiger charge is -2.38. The van der Waals surface area contributed by atoms with Gasteiger partial charge < -0.3 is 29.7 Å². The monoisotopic (exact) mass is 505 g/mol. The first-order chi connectivity index (χ1) is 18.1. The molecule has 2 aromatic carbocycles. The fraction of sp³-hybridized carbons (Fsp3) is 0.464. The second-order valence-electron chi connectivity index (χ2n) is 9.70. The predicted molar refractivity (Wildman–Crippen MR) is 143 cm³/mol. The highest BCUT2D eigenvalue weighted by molar-refractivity contribution is 5.95. The topological polar surface area (TPSA) is 97.8 Å². The van der Waals surface area contributed by atoms with Crippen molar-refractivity contribution in [3.05, 3.63) is 54.0 Å². The van der Waals surface area contributed by atoms with Gasteiger partial charge in [-0.3, -0.25) is 4.79 Å². The minimum atomic E-state index is -0.0571. The normalized spacial score (nSPS) is 20.7. The lowest BCUT2D eigenvalue weighted by molar-refractivity contribution is -0.0533. The van der Waals surface area contributed by atoms with Gasteiger partial charge in [0.05, 0.1) is 19.8 Å². The van der Waals surface area contributed by atoms with Crippen molar-refractivity contribution in [1.82, 2.24) is 20.2 Å². The van der Waals surface area contributed by atoms with E-state index in [-0.39, 0.29) is 18.1 Å². The number of methoxy groups -OCH3 is 2. The summed E-state index contributed by atoms with van der Waals surface area (Å²) in [6, 6.07) is 12.7. The zero-order valence-corrected chi connectivity index (χ0v) is 21.7. The maximum atomic E-state index is 13.4. The highest BCUT2D eigenvalue weighted by atomic mass is 16.5. The van der Waals surface area contributed by atoms with Crippen LogP contribution in [0.4, 0.5) is 11.5 Å². The SMILES string of the molecule is COc1cc(Nc2ncnc(C(=O)N3CCC(N[C@@H]4CCOC[C@@H]4OC)CC3)c2C)cc2ccccc12. The smallest absolute Gasteiger partial charge is 0.272 e. The number of aromatic nitrogens is 2. The maximum absolute atomic E-state index is 13.4. The molecular weight excluding hydrogens is 470 g/mol. The van der Waals surface area contributed by atoms with Crippen molar-refractivity contribution in [2.75, 3.05) is 45.8 Å². The van der Waals surface area contributed by atoms with Crippen LogP contribution in [0.25, 0.3) is 10.8 Å². The van der Waals surface area contributed by atoms with Crippen molar-refractivity contribution < 1.29 is 19.0 Å². The first-order valence-corrected chi connectivity index (χ1v) is 12.9. The summed E-state index contributed by atoms with van der Waals surface area (Å²) in [6.07, 6.45) is 4.25. The number of benzene rings is 2. The van der Waals surface area contributed by atoms with Crippen LogP contribution < -0.4 is 15.4 Å². The van der Waals surface area contributed by atoms with Crippen LogP contribution in [0.5, 0.6) is 5.75 Å². The number of amides is 1. The third kappa shape index (κ3) is 5.53. The third-order valence-electron chi connectivity index (χ3n) is 7.43. The number of fused-ring (bicyclic) bond motifs is 1. The Morgan fingerprint density at radius 2 is 1.92 bits per heavy atom. The fourth-order valence-corrected chi connectivity index (χ4v) is 5.28. The van der Waals surface area contributed by atoms with Gasteiger partial charge in [-0.15, -0.1) is 0 Å². The van der Waals surface area contributed by atoms with Gasteiger partial charge in [-0.1, -0.05) is 24.3 Å². The van der Waals surface area contributed by atoms with Gasteiger partial charge in [-0.25, -0.2) is 9.97 Å². The Morgan fingerprint density at radius 3 is 2.70 bits per heavy atom. The zero-order valence-electron chi connectivity index (χ0n) is 21.7. The summed E-state index contributed by atoms with van der Waals surface area (Å²) in [5.74, 6) is 1.33. The number of piperidine rings is 1. The number of anilines is 2. The van der Waals surface area contributed by atoms with Crippen LogP contribution in [0.15, 0.2) is 42.7 Å². The van der Waals surface area contributed by atoms with Crippen molar-refractivity contribution in [3.63, 3.8) is 0 Å². The van der Waals surface area contributed by atoms with Crippen LogP contribution in [0.3, 0.4) is 0 Å². The van der Waals surface area contributed by atoms with E-state index in [9.17, 15) is 4.79 Å². The van der Waals surface area contributed by atoms with Crippen LogP contribution in [0, 0.1) is 6.92 Å². The number of hydrogen-bond acceptors (Lipinski definition) is 8. The quantitative estimate of drug-likeness (QED) is 0.502. The number of carbonyl (C=O) groups excluding carboxylic acids is 1. The molecule has 2 saturated heterocycles. The molecule has 9 heteroatoms. The second kappa shape index (κ2) is 11.4. The minimum Gasteiger partial charge on any atom is -0.496 e. The molecular formula is C28H35N5O4. The summed E-state index contributed by atoms with van der Waals surface area (Å²) in [5, 5.41) is 9.20. The number of rotatable bonds is 7. The molecule has 0 saturated carbocycles. The Labute approximate surface area is 217 Å². The molecule has 0 spiro atoms. The number of ether oxygens (including phenoxy) is 3. The molecule has 2 fully saturated rings. The van der Waals surface area contributed by atoms with Crippen LogP contribution >= 0.6 is 0 Å². The molecule has 0 radical (unpaired) electrons. The van der Waals surface area contributed by atoms with Crippen LogP contribution in [-0.2, 0) is 9.47 Å². The van der Waals surface area contributed by atoms with E-state index < -0.39 is 0 Å². The Morgan fingerprint density at radius 1 is 1.11 bits per heavy atom. The Balaban J connectivity index is 1.25. The summed E-state index contributed by atoms with van der Waals surface area (Å²) in [4.78, 5) is 24.1. The fourth-order valence-electron chi connectivity index (χ4n) is 5.28. The van der Waals surface area contributed by atoms with E-state index in [1.54, 1.807) is 14.2 Å². The summed E-state index contributed by atoms with van der Waals surface area (Å²) in [6.45, 7) is 4.64. The largest absolute Gasteiger partial charge is 0.496 e. The maximum Gasteiger partial charge on any atom is 0.272 e. The molecule has 3 aromatic rings. The molecule has 9 nitrogen and oxygen atoms in total. The molecule has 3 heterocycles. The average molecular weight is 506 g/mol. The molecule has 196 valence electrons. The molecule has 2 aliphatic heterocycles. The first kappa shape index (κ1) is 25.4. The summed E-state index contributed by atoms with van der Waals surface area (Å²) in [7, 11) is 3.40. The van der Waals surface area contributed by atoms with Crippen LogP contribution in [0.2, 0.25) is 0 Å². The van der Waals surface area contributed by atoms with Crippen molar-refractivity contribution in [2.45, 2.75) is 44.4 Å².